The average Bonchev–Trinajstić information content (AvgIpc) is 3.17. The number of hydrogen-bond acceptors (Lipinski definition) is 4. The summed E-state index contributed by atoms with van der Waals surface area (Å²) in [6.45, 7) is 4.13. The van der Waals surface area contributed by atoms with Crippen molar-refractivity contribution in [3.05, 3.63) is 33.9 Å². The van der Waals surface area contributed by atoms with E-state index in [-0.39, 0.29) is 10.6 Å². The Morgan fingerprint density at radius 3 is 2.71 bits per heavy atom. The largest absolute Gasteiger partial charge is 0.364 e. The van der Waals surface area contributed by atoms with Gasteiger partial charge in [-0.2, -0.15) is 0 Å². The highest BCUT2D eigenvalue weighted by molar-refractivity contribution is 6.17. The fourth-order valence-electron chi connectivity index (χ4n) is 3.43. The molecule has 0 radical (unpaired) electrons. The highest BCUT2D eigenvalue weighted by Gasteiger charge is 2.32. The quantitative estimate of drug-likeness (QED) is 0.487. The summed E-state index contributed by atoms with van der Waals surface area (Å²) in [5.41, 5.74) is 1.70. The molecule has 1 aromatic carbocycles. The molecule has 3 rings (SSSR count). The van der Waals surface area contributed by atoms with Crippen LogP contribution < -0.4 is 4.90 Å². The van der Waals surface area contributed by atoms with Crippen LogP contribution in [0.5, 0.6) is 0 Å². The molecule has 2 heterocycles. The Hall–Kier alpha value is -1.33. The third-order valence-electron chi connectivity index (χ3n) is 4.55. The number of halogens is 1. The van der Waals surface area contributed by atoms with Crippen LogP contribution >= 0.6 is 11.6 Å². The molecule has 1 unspecified atom stereocenters. The van der Waals surface area contributed by atoms with Crippen molar-refractivity contribution in [3.63, 3.8) is 0 Å². The molecule has 2 aliphatic rings. The van der Waals surface area contributed by atoms with Gasteiger partial charge in [-0.3, -0.25) is 15.0 Å². The molecule has 5 nitrogen and oxygen atoms in total. The summed E-state index contributed by atoms with van der Waals surface area (Å²) in [6, 6.07) is 5.88. The number of alkyl halides is 1. The Bertz CT molecular complexity index is 532. The molecule has 1 aromatic rings. The van der Waals surface area contributed by atoms with E-state index in [2.05, 4.69) is 9.80 Å². The Balaban J connectivity index is 1.79. The fraction of sp³-hybridized carbons (Fsp3) is 0.600. The number of benzene rings is 1. The van der Waals surface area contributed by atoms with Gasteiger partial charge in [0.25, 0.3) is 5.69 Å². The second kappa shape index (κ2) is 6.20. The molecule has 0 amide bonds. The van der Waals surface area contributed by atoms with Crippen LogP contribution in [0.3, 0.4) is 0 Å². The van der Waals surface area contributed by atoms with Crippen molar-refractivity contribution < 1.29 is 4.92 Å². The molecule has 0 aliphatic carbocycles. The first kappa shape index (κ1) is 14.6. The van der Waals surface area contributed by atoms with Gasteiger partial charge in [-0.05, 0) is 44.0 Å². The third kappa shape index (κ3) is 2.99. The molecule has 0 saturated carbocycles. The zero-order valence-electron chi connectivity index (χ0n) is 12.0. The van der Waals surface area contributed by atoms with Crippen molar-refractivity contribution >= 4 is 23.0 Å². The standard InChI is InChI=1S/C15H20ClN3O2/c16-10-12-3-4-14(15(9-12)19(20)21)18-8-5-13(11-18)17-6-1-2-7-17/h3-4,9,13H,1-2,5-8,10-11H2. The van der Waals surface area contributed by atoms with E-state index in [1.165, 1.54) is 25.9 Å². The van der Waals surface area contributed by atoms with Gasteiger partial charge in [0.1, 0.15) is 5.69 Å². The topological polar surface area (TPSA) is 49.6 Å². The van der Waals surface area contributed by atoms with Gasteiger partial charge in [0, 0.05) is 31.1 Å². The number of nitro benzene ring substituents is 1. The molecule has 0 spiro atoms. The van der Waals surface area contributed by atoms with E-state index in [1.54, 1.807) is 6.07 Å². The number of hydrogen-bond donors (Lipinski definition) is 0. The molecule has 0 N–H and O–H groups in total. The van der Waals surface area contributed by atoms with Gasteiger partial charge in [-0.15, -0.1) is 11.6 Å². The maximum Gasteiger partial charge on any atom is 0.292 e. The van der Waals surface area contributed by atoms with Crippen LogP contribution in [-0.2, 0) is 5.88 Å². The molecular weight excluding hydrogens is 290 g/mol. The van der Waals surface area contributed by atoms with Gasteiger partial charge in [-0.25, -0.2) is 0 Å². The van der Waals surface area contributed by atoms with E-state index >= 15 is 0 Å². The van der Waals surface area contributed by atoms with Crippen LogP contribution in [-0.4, -0.2) is 42.0 Å². The third-order valence-corrected chi connectivity index (χ3v) is 4.86. The van der Waals surface area contributed by atoms with Crippen LogP contribution in [0.2, 0.25) is 0 Å². The Labute approximate surface area is 129 Å². The second-order valence-corrected chi connectivity index (χ2v) is 6.11. The van der Waals surface area contributed by atoms with Gasteiger partial charge in [-0.1, -0.05) is 6.07 Å². The van der Waals surface area contributed by atoms with Crippen molar-refractivity contribution in [2.24, 2.45) is 0 Å². The Morgan fingerprint density at radius 2 is 2.05 bits per heavy atom. The second-order valence-electron chi connectivity index (χ2n) is 5.85. The van der Waals surface area contributed by atoms with E-state index < -0.39 is 0 Å². The first-order chi connectivity index (χ1) is 10.2. The van der Waals surface area contributed by atoms with E-state index in [9.17, 15) is 10.1 Å². The van der Waals surface area contributed by atoms with Crippen molar-refractivity contribution in [2.45, 2.75) is 31.2 Å². The van der Waals surface area contributed by atoms with Gasteiger partial charge >= 0.3 is 0 Å². The van der Waals surface area contributed by atoms with Crippen molar-refractivity contribution in [3.8, 4) is 0 Å². The minimum atomic E-state index is -0.297. The SMILES string of the molecule is O=[N+]([O-])c1cc(CCl)ccc1N1CCC(N2CCCC2)C1. The number of likely N-dealkylation sites (tertiary alicyclic amines) is 1. The van der Waals surface area contributed by atoms with Gasteiger partial charge in [0.2, 0.25) is 0 Å². The average molecular weight is 310 g/mol. The molecule has 2 fully saturated rings. The molecule has 2 aliphatic heterocycles. The lowest BCUT2D eigenvalue weighted by Gasteiger charge is -2.24. The number of nitro groups is 1. The molecule has 6 heteroatoms. The first-order valence-corrected chi connectivity index (χ1v) is 8.05. The zero-order chi connectivity index (χ0) is 14.8. The smallest absolute Gasteiger partial charge is 0.292 e. The molecule has 0 bridgehead atoms. The van der Waals surface area contributed by atoms with E-state index in [0.717, 1.165) is 30.8 Å². The van der Waals surface area contributed by atoms with Crippen molar-refractivity contribution in [1.29, 1.82) is 0 Å². The summed E-state index contributed by atoms with van der Waals surface area (Å²) in [5.74, 6) is 0.303. The van der Waals surface area contributed by atoms with Crippen LogP contribution in [0.15, 0.2) is 18.2 Å². The maximum absolute atomic E-state index is 11.3. The summed E-state index contributed by atoms with van der Waals surface area (Å²) in [4.78, 5) is 15.7. The summed E-state index contributed by atoms with van der Waals surface area (Å²) < 4.78 is 0. The van der Waals surface area contributed by atoms with Gasteiger partial charge < -0.3 is 4.90 Å². The highest BCUT2D eigenvalue weighted by Crippen LogP contribution is 2.33. The minimum Gasteiger partial charge on any atom is -0.364 e. The lowest BCUT2D eigenvalue weighted by molar-refractivity contribution is -0.384. The highest BCUT2D eigenvalue weighted by atomic mass is 35.5. The molecular formula is C15H20ClN3O2. The van der Waals surface area contributed by atoms with Crippen LogP contribution in [0, 0.1) is 10.1 Å². The predicted octanol–water partition coefficient (Wildman–Crippen LogP) is 3.01. The minimum absolute atomic E-state index is 0.176. The lowest BCUT2D eigenvalue weighted by Crippen LogP contribution is -2.35. The zero-order valence-corrected chi connectivity index (χ0v) is 12.8. The predicted molar refractivity (Wildman–Crippen MR) is 84.1 cm³/mol. The van der Waals surface area contributed by atoms with Gasteiger partial charge in [0.05, 0.1) is 4.92 Å². The Morgan fingerprint density at radius 1 is 1.29 bits per heavy atom. The molecule has 0 aromatic heterocycles. The maximum atomic E-state index is 11.3. The number of anilines is 1. The molecule has 114 valence electrons. The normalized spacial score (nSPS) is 22.9. The van der Waals surface area contributed by atoms with E-state index in [4.69, 9.17) is 11.6 Å². The van der Waals surface area contributed by atoms with E-state index in [1.807, 2.05) is 12.1 Å². The summed E-state index contributed by atoms with van der Waals surface area (Å²) in [6.07, 6.45) is 3.65. The fourth-order valence-corrected chi connectivity index (χ4v) is 3.60. The van der Waals surface area contributed by atoms with Gasteiger partial charge in [0.15, 0.2) is 0 Å². The van der Waals surface area contributed by atoms with Crippen molar-refractivity contribution in [2.75, 3.05) is 31.1 Å². The van der Waals surface area contributed by atoms with E-state index in [0.29, 0.717) is 11.9 Å². The van der Waals surface area contributed by atoms with Crippen molar-refractivity contribution in [1.82, 2.24) is 4.90 Å². The molecule has 2 saturated heterocycles. The summed E-state index contributed by atoms with van der Waals surface area (Å²) in [7, 11) is 0. The molecule has 21 heavy (non-hydrogen) atoms. The number of rotatable bonds is 4. The number of nitrogens with zero attached hydrogens (tertiary/aromatic N) is 3. The monoisotopic (exact) mass is 309 g/mol. The van der Waals surface area contributed by atoms with Crippen LogP contribution in [0.4, 0.5) is 11.4 Å². The lowest BCUT2D eigenvalue weighted by atomic mass is 10.2. The Kier molecular flexibility index (Phi) is 4.31. The summed E-state index contributed by atoms with van der Waals surface area (Å²) in [5, 5.41) is 11.3. The first-order valence-electron chi connectivity index (χ1n) is 7.51. The van der Waals surface area contributed by atoms with Crippen LogP contribution in [0.1, 0.15) is 24.8 Å². The molecule has 1 atom stereocenters. The van der Waals surface area contributed by atoms with Crippen LogP contribution in [0.25, 0.3) is 0 Å². The summed E-state index contributed by atoms with van der Waals surface area (Å²) >= 11 is 5.78.